The maximum absolute atomic E-state index is 6.25. The predicted molar refractivity (Wildman–Crippen MR) is 98.3 cm³/mol. The van der Waals surface area contributed by atoms with Crippen molar-refractivity contribution in [3.05, 3.63) is 36.3 Å². The van der Waals surface area contributed by atoms with Crippen molar-refractivity contribution >= 4 is 11.5 Å². The fraction of sp³-hybridized carbons (Fsp3) is 0.556. The monoisotopic (exact) mass is 328 g/mol. The van der Waals surface area contributed by atoms with Gasteiger partial charge in [-0.1, -0.05) is 0 Å². The molecule has 2 aromatic rings. The Hall–Kier alpha value is -2.08. The topological polar surface area (TPSA) is 63.2 Å². The summed E-state index contributed by atoms with van der Waals surface area (Å²) in [5, 5.41) is 4.56. The highest BCUT2D eigenvalue weighted by Crippen LogP contribution is 2.35. The number of nitrogens with zero attached hydrogens (tertiary/aromatic N) is 5. The first-order valence-electron chi connectivity index (χ1n) is 8.69. The Kier molecular flexibility index (Phi) is 5.04. The van der Waals surface area contributed by atoms with Gasteiger partial charge in [-0.25, -0.2) is 4.68 Å². The first-order chi connectivity index (χ1) is 11.6. The zero-order valence-corrected chi connectivity index (χ0v) is 14.9. The molecule has 3 rings (SSSR count). The van der Waals surface area contributed by atoms with Gasteiger partial charge in [0.25, 0.3) is 0 Å². The number of anilines is 2. The van der Waals surface area contributed by atoms with Crippen molar-refractivity contribution in [2.75, 3.05) is 44.4 Å². The minimum atomic E-state index is 0.333. The second-order valence-corrected chi connectivity index (χ2v) is 7.02. The van der Waals surface area contributed by atoms with Crippen LogP contribution >= 0.6 is 0 Å². The van der Waals surface area contributed by atoms with Gasteiger partial charge in [0.1, 0.15) is 0 Å². The minimum absolute atomic E-state index is 0.333. The maximum atomic E-state index is 6.25. The van der Waals surface area contributed by atoms with E-state index in [0.29, 0.717) is 12.0 Å². The highest BCUT2D eigenvalue weighted by atomic mass is 15.4. The fourth-order valence-electron chi connectivity index (χ4n) is 3.45. The average Bonchev–Trinajstić information content (AvgIpc) is 3.20. The number of rotatable bonds is 6. The van der Waals surface area contributed by atoms with Gasteiger partial charge in [0.15, 0.2) is 5.82 Å². The molecular weight excluding hydrogens is 300 g/mol. The molecule has 0 radical (unpaired) electrons. The Morgan fingerprint density at radius 2 is 2.08 bits per heavy atom. The normalized spacial score (nSPS) is 19.2. The van der Waals surface area contributed by atoms with Crippen LogP contribution in [0.3, 0.4) is 0 Å². The SMILES string of the molecule is CC(CCN(C)C)n1ncc(N)c1N1CCC(c2ccncc2)C1. The van der Waals surface area contributed by atoms with Crippen LogP contribution in [0.1, 0.15) is 37.3 Å². The van der Waals surface area contributed by atoms with Crippen LogP contribution in [-0.4, -0.2) is 53.4 Å². The predicted octanol–water partition coefficient (Wildman–Crippen LogP) is 2.37. The first kappa shape index (κ1) is 16.8. The molecule has 3 heterocycles. The third-order valence-corrected chi connectivity index (χ3v) is 4.87. The van der Waals surface area contributed by atoms with E-state index in [-0.39, 0.29) is 0 Å². The van der Waals surface area contributed by atoms with Gasteiger partial charge < -0.3 is 15.5 Å². The summed E-state index contributed by atoms with van der Waals surface area (Å²) in [6.45, 7) is 5.26. The van der Waals surface area contributed by atoms with Gasteiger partial charge in [-0.3, -0.25) is 4.98 Å². The Morgan fingerprint density at radius 3 is 2.79 bits per heavy atom. The summed E-state index contributed by atoms with van der Waals surface area (Å²) < 4.78 is 2.10. The molecule has 1 saturated heterocycles. The van der Waals surface area contributed by atoms with Gasteiger partial charge in [-0.2, -0.15) is 5.10 Å². The Labute approximate surface area is 144 Å². The van der Waals surface area contributed by atoms with E-state index in [9.17, 15) is 0 Å². The van der Waals surface area contributed by atoms with E-state index in [1.54, 1.807) is 6.20 Å². The van der Waals surface area contributed by atoms with E-state index in [2.05, 4.69) is 57.7 Å². The summed E-state index contributed by atoms with van der Waals surface area (Å²) >= 11 is 0. The number of pyridine rings is 1. The number of hydrogen-bond donors (Lipinski definition) is 1. The third kappa shape index (κ3) is 3.53. The van der Waals surface area contributed by atoms with Gasteiger partial charge in [0.2, 0.25) is 0 Å². The lowest BCUT2D eigenvalue weighted by molar-refractivity contribution is 0.347. The molecule has 0 aliphatic carbocycles. The minimum Gasteiger partial charge on any atom is -0.394 e. The molecule has 6 nitrogen and oxygen atoms in total. The molecule has 0 bridgehead atoms. The summed E-state index contributed by atoms with van der Waals surface area (Å²) in [6.07, 6.45) is 7.74. The van der Waals surface area contributed by atoms with E-state index in [1.807, 2.05) is 12.4 Å². The van der Waals surface area contributed by atoms with E-state index in [1.165, 1.54) is 5.56 Å². The second kappa shape index (κ2) is 7.21. The number of nitrogens with two attached hydrogens (primary N) is 1. The molecule has 2 atom stereocenters. The molecule has 24 heavy (non-hydrogen) atoms. The maximum Gasteiger partial charge on any atom is 0.150 e. The van der Waals surface area contributed by atoms with Crippen LogP contribution in [0.4, 0.5) is 11.5 Å². The zero-order valence-electron chi connectivity index (χ0n) is 14.9. The lowest BCUT2D eigenvalue weighted by atomic mass is 10.00. The van der Waals surface area contributed by atoms with Gasteiger partial charge in [0.05, 0.1) is 17.9 Å². The van der Waals surface area contributed by atoms with Crippen molar-refractivity contribution < 1.29 is 0 Å². The largest absolute Gasteiger partial charge is 0.394 e. The summed E-state index contributed by atoms with van der Waals surface area (Å²) in [5.74, 6) is 1.62. The van der Waals surface area contributed by atoms with E-state index < -0.39 is 0 Å². The molecule has 1 aliphatic heterocycles. The lowest BCUT2D eigenvalue weighted by Crippen LogP contribution is -2.26. The molecule has 0 saturated carbocycles. The van der Waals surface area contributed by atoms with E-state index >= 15 is 0 Å². The summed E-state index contributed by atoms with van der Waals surface area (Å²) in [4.78, 5) is 8.72. The highest BCUT2D eigenvalue weighted by Gasteiger charge is 2.28. The molecule has 0 aromatic carbocycles. The van der Waals surface area contributed by atoms with E-state index in [4.69, 9.17) is 5.73 Å². The van der Waals surface area contributed by atoms with Crippen molar-refractivity contribution in [2.24, 2.45) is 0 Å². The zero-order chi connectivity index (χ0) is 17.1. The van der Waals surface area contributed by atoms with Crippen molar-refractivity contribution in [3.63, 3.8) is 0 Å². The van der Waals surface area contributed by atoms with Crippen LogP contribution in [0.2, 0.25) is 0 Å². The highest BCUT2D eigenvalue weighted by molar-refractivity contribution is 5.63. The number of nitrogen functional groups attached to an aromatic ring is 1. The standard InChI is InChI=1S/C18H28N6/c1-14(6-10-22(2)3)24-18(17(19)12-21-24)23-11-7-16(13-23)15-4-8-20-9-5-15/h4-5,8-9,12,14,16H,6-7,10-11,13,19H2,1-3H3. The van der Waals surface area contributed by atoms with Crippen LogP contribution in [0.15, 0.2) is 30.7 Å². The van der Waals surface area contributed by atoms with Crippen LogP contribution in [0.5, 0.6) is 0 Å². The second-order valence-electron chi connectivity index (χ2n) is 7.02. The Balaban J connectivity index is 1.74. The third-order valence-electron chi connectivity index (χ3n) is 4.87. The molecule has 2 N–H and O–H groups in total. The van der Waals surface area contributed by atoms with Gasteiger partial charge in [0, 0.05) is 31.4 Å². The van der Waals surface area contributed by atoms with E-state index in [0.717, 1.165) is 44.0 Å². The van der Waals surface area contributed by atoms with Gasteiger partial charge >= 0.3 is 0 Å². The average molecular weight is 328 g/mol. The lowest BCUT2D eigenvalue weighted by Gasteiger charge is -2.24. The van der Waals surface area contributed by atoms with Crippen LogP contribution in [-0.2, 0) is 0 Å². The molecule has 2 unspecified atom stereocenters. The summed E-state index contributed by atoms with van der Waals surface area (Å²) in [7, 11) is 4.20. The van der Waals surface area contributed by atoms with Crippen molar-refractivity contribution in [3.8, 4) is 0 Å². The molecule has 2 aromatic heterocycles. The van der Waals surface area contributed by atoms with Gasteiger partial charge in [-0.05, 0) is 58.1 Å². The smallest absolute Gasteiger partial charge is 0.150 e. The van der Waals surface area contributed by atoms with Gasteiger partial charge in [-0.15, -0.1) is 0 Å². The molecule has 1 fully saturated rings. The van der Waals surface area contributed by atoms with Crippen LogP contribution in [0.25, 0.3) is 0 Å². The molecular formula is C18H28N6. The Bertz CT molecular complexity index is 651. The number of aromatic nitrogens is 3. The number of hydrogen-bond acceptors (Lipinski definition) is 5. The molecule has 0 spiro atoms. The van der Waals surface area contributed by atoms with Crippen molar-refractivity contribution in [1.29, 1.82) is 0 Å². The molecule has 130 valence electrons. The molecule has 0 amide bonds. The summed E-state index contributed by atoms with van der Waals surface area (Å²) in [5.41, 5.74) is 8.39. The Morgan fingerprint density at radius 1 is 1.33 bits per heavy atom. The quantitative estimate of drug-likeness (QED) is 0.882. The molecule has 1 aliphatic rings. The van der Waals surface area contributed by atoms with Crippen molar-refractivity contribution in [2.45, 2.75) is 31.7 Å². The summed E-state index contributed by atoms with van der Waals surface area (Å²) in [6, 6.07) is 4.57. The van der Waals surface area contributed by atoms with Crippen molar-refractivity contribution in [1.82, 2.24) is 19.7 Å². The van der Waals surface area contributed by atoms with Crippen LogP contribution < -0.4 is 10.6 Å². The molecule has 6 heteroatoms. The fourth-order valence-corrected chi connectivity index (χ4v) is 3.45. The first-order valence-corrected chi connectivity index (χ1v) is 8.69. The van der Waals surface area contributed by atoms with Crippen LogP contribution in [0, 0.1) is 0 Å².